The number of esters is 2. The number of unbranched alkanes of at least 4 members (excludes halogenated alkanes) is 15. The lowest BCUT2D eigenvalue weighted by molar-refractivity contribution is -0.161. The van der Waals surface area contributed by atoms with Gasteiger partial charge in [-0.3, -0.25) is 23.4 Å². The molecule has 11 heteroatoms. The maximum atomic E-state index is 12.6. The number of carbonyl (C=O) groups is 3. The number of rotatable bonds is 39. The summed E-state index contributed by atoms with van der Waals surface area (Å²) in [6, 6.07) is -1.09. The maximum Gasteiger partial charge on any atom is 0.472 e. The number of phosphoric ester groups is 1. The molecule has 0 rings (SSSR count). The summed E-state index contributed by atoms with van der Waals surface area (Å²) in [4.78, 5) is 46.5. The van der Waals surface area contributed by atoms with Gasteiger partial charge in [-0.05, 0) is 51.9 Å². The Labute approximate surface area is 340 Å². The molecule has 0 aliphatic heterocycles. The summed E-state index contributed by atoms with van der Waals surface area (Å²) >= 11 is 0. The van der Waals surface area contributed by atoms with Crippen molar-refractivity contribution in [3.63, 3.8) is 0 Å². The number of hydrogen-bond donors (Lipinski definition) is 2. The molecule has 0 spiro atoms. The Kier molecular flexibility index (Phi) is 37.4. The van der Waals surface area contributed by atoms with Crippen molar-refractivity contribution in [2.24, 2.45) is 5.73 Å². The first-order valence-corrected chi connectivity index (χ1v) is 23.1. The summed E-state index contributed by atoms with van der Waals surface area (Å²) in [6.07, 6.45) is 44.9. The zero-order valence-corrected chi connectivity index (χ0v) is 36.2. The molecule has 0 amide bonds. The lowest BCUT2D eigenvalue weighted by atomic mass is 10.0. The van der Waals surface area contributed by atoms with Crippen LogP contribution in [0.1, 0.15) is 175 Å². The molecule has 0 aromatic rings. The van der Waals surface area contributed by atoms with Crippen LogP contribution in [0, 0.1) is 0 Å². The van der Waals surface area contributed by atoms with Crippen LogP contribution in [-0.2, 0) is 37.5 Å². The summed E-state index contributed by atoms with van der Waals surface area (Å²) in [5.74, 6) is -1.42. The quantitative estimate of drug-likeness (QED) is 0.0266. The van der Waals surface area contributed by atoms with Crippen LogP contribution < -0.4 is 5.73 Å². The second kappa shape index (κ2) is 39.2. The third-order valence-corrected chi connectivity index (χ3v) is 9.92. The van der Waals surface area contributed by atoms with Crippen molar-refractivity contribution in [1.29, 1.82) is 0 Å². The van der Waals surface area contributed by atoms with Gasteiger partial charge < -0.3 is 20.1 Å². The van der Waals surface area contributed by atoms with Gasteiger partial charge in [-0.1, -0.05) is 171 Å². The van der Waals surface area contributed by atoms with E-state index in [9.17, 15) is 23.8 Å². The summed E-state index contributed by atoms with van der Waals surface area (Å²) in [6.45, 7) is 4.25. The van der Waals surface area contributed by atoms with Crippen molar-refractivity contribution in [3.05, 3.63) is 60.8 Å². The monoisotopic (exact) mass is 808 g/mol. The Morgan fingerprint density at radius 2 is 0.982 bits per heavy atom. The predicted molar refractivity (Wildman–Crippen MR) is 229 cm³/mol. The molecular weight excluding hydrogens is 729 g/mol. The Morgan fingerprint density at radius 1 is 0.554 bits per heavy atom. The SMILES string of the molecule is CCCC=CCC=CCC=CCC=CCC=CCCC(=O)OC(COC(=O)CCCCCCCCCCCCCCCCC)COP(=O)(O)OCC(N)C(C)=O. The summed E-state index contributed by atoms with van der Waals surface area (Å²) in [5, 5.41) is 0. The van der Waals surface area contributed by atoms with Crippen molar-refractivity contribution in [2.75, 3.05) is 19.8 Å². The van der Waals surface area contributed by atoms with Crippen LogP contribution in [0.25, 0.3) is 0 Å². The molecule has 0 aromatic heterocycles. The van der Waals surface area contributed by atoms with Gasteiger partial charge in [0.15, 0.2) is 6.10 Å². The van der Waals surface area contributed by atoms with E-state index in [0.29, 0.717) is 12.8 Å². The van der Waals surface area contributed by atoms with E-state index in [0.717, 1.165) is 51.4 Å². The van der Waals surface area contributed by atoms with Gasteiger partial charge in [0.25, 0.3) is 0 Å². The third kappa shape index (κ3) is 38.3. The molecule has 0 fully saturated rings. The molecule has 0 saturated carbocycles. The zero-order chi connectivity index (χ0) is 41.4. The van der Waals surface area contributed by atoms with Crippen LogP contribution in [0.3, 0.4) is 0 Å². The fourth-order valence-electron chi connectivity index (χ4n) is 5.45. The molecule has 0 radical (unpaired) electrons. The molecule has 0 saturated heterocycles. The lowest BCUT2D eigenvalue weighted by Gasteiger charge is -2.20. The van der Waals surface area contributed by atoms with Crippen LogP contribution in [0.15, 0.2) is 60.8 Å². The van der Waals surface area contributed by atoms with Gasteiger partial charge >= 0.3 is 19.8 Å². The van der Waals surface area contributed by atoms with Crippen LogP contribution in [0.4, 0.5) is 0 Å². The highest BCUT2D eigenvalue weighted by atomic mass is 31.2. The maximum absolute atomic E-state index is 12.6. The fraction of sp³-hybridized carbons (Fsp3) is 0.711. The topological polar surface area (TPSA) is 151 Å². The summed E-state index contributed by atoms with van der Waals surface area (Å²) < 4.78 is 33.0. The first kappa shape index (κ1) is 53.4. The molecule has 56 heavy (non-hydrogen) atoms. The van der Waals surface area contributed by atoms with Gasteiger partial charge in [-0.25, -0.2) is 4.57 Å². The molecule has 3 atom stereocenters. The van der Waals surface area contributed by atoms with Crippen molar-refractivity contribution in [2.45, 2.75) is 187 Å². The second-order valence-electron chi connectivity index (χ2n) is 14.4. The number of phosphoric acid groups is 1. The van der Waals surface area contributed by atoms with E-state index in [4.69, 9.17) is 24.3 Å². The van der Waals surface area contributed by atoms with Gasteiger partial charge in [0.1, 0.15) is 12.4 Å². The first-order valence-electron chi connectivity index (χ1n) is 21.6. The number of ketones is 1. The molecule has 0 aromatic carbocycles. The van der Waals surface area contributed by atoms with E-state index in [2.05, 4.69) is 62.5 Å². The normalized spacial score (nSPS) is 14.4. The van der Waals surface area contributed by atoms with Crippen LogP contribution in [-0.4, -0.2) is 54.6 Å². The highest BCUT2D eigenvalue weighted by Gasteiger charge is 2.27. The predicted octanol–water partition coefficient (Wildman–Crippen LogP) is 11.7. The molecule has 0 bridgehead atoms. The van der Waals surface area contributed by atoms with Crippen molar-refractivity contribution >= 4 is 25.5 Å². The zero-order valence-electron chi connectivity index (χ0n) is 35.3. The van der Waals surface area contributed by atoms with Gasteiger partial charge in [0, 0.05) is 12.8 Å². The molecule has 10 nitrogen and oxygen atoms in total. The average molecular weight is 808 g/mol. The van der Waals surface area contributed by atoms with E-state index in [-0.39, 0.29) is 19.4 Å². The standard InChI is InChI=1S/C45H78NO9P/c1-4-6-8-10-12-14-16-18-20-21-23-25-27-29-31-33-35-37-45(49)55-42(39-53-56(50,51)54-40-43(46)41(3)47)38-52-44(48)36-34-32-30-28-26-24-22-19-17-15-13-11-9-7-5-2/h8,10,14,16,20-21,25,27,31,33,42-43H,4-7,9,11-13,15,17-19,22-24,26,28-30,32,34-40,46H2,1-3H3,(H,50,51). The highest BCUT2D eigenvalue weighted by molar-refractivity contribution is 7.47. The smallest absolute Gasteiger partial charge is 0.462 e. The third-order valence-electron chi connectivity index (χ3n) is 8.97. The lowest BCUT2D eigenvalue weighted by Crippen LogP contribution is -2.33. The Balaban J connectivity index is 4.50. The molecule has 0 aliphatic carbocycles. The largest absolute Gasteiger partial charge is 0.472 e. The second-order valence-corrected chi connectivity index (χ2v) is 15.9. The average Bonchev–Trinajstić information content (AvgIpc) is 3.17. The number of ether oxygens (including phenoxy) is 2. The highest BCUT2D eigenvalue weighted by Crippen LogP contribution is 2.43. The van der Waals surface area contributed by atoms with E-state index in [1.807, 2.05) is 12.2 Å². The minimum atomic E-state index is -4.62. The molecule has 3 N–H and O–H groups in total. The van der Waals surface area contributed by atoms with Crippen LogP contribution in [0.5, 0.6) is 0 Å². The Hall–Kier alpha value is -2.62. The van der Waals surface area contributed by atoms with Crippen molar-refractivity contribution < 1.29 is 42.4 Å². The van der Waals surface area contributed by atoms with Gasteiger partial charge in [-0.2, -0.15) is 0 Å². The van der Waals surface area contributed by atoms with Crippen LogP contribution >= 0.6 is 7.82 Å². The van der Waals surface area contributed by atoms with Crippen molar-refractivity contribution in [3.8, 4) is 0 Å². The molecule has 0 aliphatic rings. The molecule has 3 unspecified atom stereocenters. The number of allylic oxidation sites excluding steroid dienone is 10. The Bertz CT molecular complexity index is 1180. The summed E-state index contributed by atoms with van der Waals surface area (Å²) in [5.41, 5.74) is 5.57. The number of carbonyl (C=O) groups excluding carboxylic acids is 3. The van der Waals surface area contributed by atoms with E-state index in [1.54, 1.807) is 0 Å². The number of hydrogen-bond acceptors (Lipinski definition) is 9. The van der Waals surface area contributed by atoms with Crippen molar-refractivity contribution in [1.82, 2.24) is 0 Å². The minimum Gasteiger partial charge on any atom is -0.462 e. The van der Waals surface area contributed by atoms with E-state index in [1.165, 1.54) is 84.0 Å². The molecular formula is C45H78NO9P. The fourth-order valence-corrected chi connectivity index (χ4v) is 6.23. The minimum absolute atomic E-state index is 0.0647. The first-order chi connectivity index (χ1) is 27.1. The molecule has 0 heterocycles. The number of Topliss-reactive ketones (excluding diaryl/α,β-unsaturated/α-hetero) is 1. The Morgan fingerprint density at radius 3 is 1.45 bits per heavy atom. The number of nitrogens with two attached hydrogens (primary N) is 1. The van der Waals surface area contributed by atoms with E-state index < -0.39 is 50.9 Å². The van der Waals surface area contributed by atoms with Gasteiger partial charge in [0.05, 0.1) is 19.3 Å². The van der Waals surface area contributed by atoms with Gasteiger partial charge in [0.2, 0.25) is 0 Å². The van der Waals surface area contributed by atoms with Gasteiger partial charge in [-0.15, -0.1) is 0 Å². The van der Waals surface area contributed by atoms with Crippen LogP contribution in [0.2, 0.25) is 0 Å². The van der Waals surface area contributed by atoms with E-state index >= 15 is 0 Å². The summed E-state index contributed by atoms with van der Waals surface area (Å²) in [7, 11) is -4.62. The molecule has 322 valence electrons.